The minimum absolute atomic E-state index is 0.365. The Morgan fingerprint density at radius 2 is 2.00 bits per heavy atom. The molecule has 1 atom stereocenters. The number of hydrogen-bond donors (Lipinski definition) is 3. The fourth-order valence-electron chi connectivity index (χ4n) is 2.06. The van der Waals surface area contributed by atoms with E-state index in [1.54, 1.807) is 6.07 Å². The van der Waals surface area contributed by atoms with Crippen LogP contribution in [-0.4, -0.2) is 24.1 Å². The minimum Gasteiger partial charge on any atom is -0.387 e. The number of benzene rings is 1. The second kappa shape index (κ2) is 7.93. The number of aryl methyl sites for hydroxylation is 1. The number of primary amides is 1. The number of nitrogens with one attached hydrogen (secondary N) is 1. The molecule has 112 valence electrons. The van der Waals surface area contributed by atoms with Crippen LogP contribution in [0.4, 0.5) is 0 Å². The lowest BCUT2D eigenvalue weighted by Crippen LogP contribution is -2.22. The van der Waals surface area contributed by atoms with Gasteiger partial charge in [0.05, 0.1) is 11.0 Å². The Labute approximate surface area is 128 Å². The highest BCUT2D eigenvalue weighted by Gasteiger charge is 2.06. The summed E-state index contributed by atoms with van der Waals surface area (Å²) < 4.78 is 0. The molecule has 0 unspecified atom stereocenters. The Kier molecular flexibility index (Phi) is 5.92. The van der Waals surface area contributed by atoms with Crippen molar-refractivity contribution in [2.45, 2.75) is 18.9 Å². The summed E-state index contributed by atoms with van der Waals surface area (Å²) in [4.78, 5) is 12.8. The van der Waals surface area contributed by atoms with Gasteiger partial charge in [0.15, 0.2) is 0 Å². The summed E-state index contributed by atoms with van der Waals surface area (Å²) in [5, 5.41) is 13.2. The van der Waals surface area contributed by atoms with Gasteiger partial charge >= 0.3 is 0 Å². The molecule has 0 fully saturated rings. The molecular formula is C16H20N2O2S. The normalized spacial score (nSPS) is 12.2. The van der Waals surface area contributed by atoms with Crippen LogP contribution < -0.4 is 11.1 Å². The number of carbonyl (C=O) groups is 1. The Bertz CT molecular complexity index is 569. The zero-order valence-corrected chi connectivity index (χ0v) is 12.6. The SMILES string of the molecule is NC(=O)c1ccc(CCCNC[C@@H](O)c2ccccc2)s1. The molecule has 0 saturated carbocycles. The molecule has 1 amide bonds. The first-order valence-corrected chi connectivity index (χ1v) is 7.80. The number of thiophene rings is 1. The summed E-state index contributed by atoms with van der Waals surface area (Å²) >= 11 is 1.45. The van der Waals surface area contributed by atoms with Gasteiger partial charge in [-0.2, -0.15) is 0 Å². The maximum atomic E-state index is 11.0. The van der Waals surface area contributed by atoms with E-state index >= 15 is 0 Å². The van der Waals surface area contributed by atoms with Gasteiger partial charge in [-0.3, -0.25) is 4.79 Å². The molecule has 2 aromatic rings. The third-order valence-electron chi connectivity index (χ3n) is 3.20. The Balaban J connectivity index is 1.64. The second-order valence-corrected chi connectivity index (χ2v) is 6.03. The van der Waals surface area contributed by atoms with Gasteiger partial charge in [0.25, 0.3) is 5.91 Å². The molecule has 0 aliphatic carbocycles. The number of nitrogens with two attached hydrogens (primary N) is 1. The van der Waals surface area contributed by atoms with Gasteiger partial charge in [0.1, 0.15) is 0 Å². The third kappa shape index (κ3) is 4.97. The summed E-state index contributed by atoms with van der Waals surface area (Å²) in [5.41, 5.74) is 6.15. The first-order chi connectivity index (χ1) is 10.2. The molecular weight excluding hydrogens is 284 g/mol. The number of amides is 1. The summed E-state index contributed by atoms with van der Waals surface area (Å²) in [6.45, 7) is 1.37. The number of aliphatic hydroxyl groups is 1. The molecule has 1 aromatic heterocycles. The zero-order chi connectivity index (χ0) is 15.1. The molecule has 0 bridgehead atoms. The number of hydrogen-bond acceptors (Lipinski definition) is 4. The van der Waals surface area contributed by atoms with Crippen LogP contribution in [0.3, 0.4) is 0 Å². The fourth-order valence-corrected chi connectivity index (χ4v) is 2.97. The van der Waals surface area contributed by atoms with Crippen molar-refractivity contribution in [1.29, 1.82) is 0 Å². The predicted octanol–water partition coefficient (Wildman–Crippen LogP) is 2.10. The summed E-state index contributed by atoms with van der Waals surface area (Å²) in [5.74, 6) is -0.365. The molecule has 4 N–H and O–H groups in total. The largest absolute Gasteiger partial charge is 0.387 e. The lowest BCUT2D eigenvalue weighted by Gasteiger charge is -2.11. The summed E-state index contributed by atoms with van der Waals surface area (Å²) in [6, 6.07) is 13.3. The molecule has 4 nitrogen and oxygen atoms in total. The average molecular weight is 304 g/mol. The van der Waals surface area contributed by atoms with Gasteiger partial charge < -0.3 is 16.2 Å². The third-order valence-corrected chi connectivity index (χ3v) is 4.36. The lowest BCUT2D eigenvalue weighted by atomic mass is 10.1. The molecule has 0 spiro atoms. The smallest absolute Gasteiger partial charge is 0.258 e. The van der Waals surface area contributed by atoms with Crippen LogP contribution in [0.15, 0.2) is 42.5 Å². The molecule has 21 heavy (non-hydrogen) atoms. The van der Waals surface area contributed by atoms with E-state index in [0.29, 0.717) is 11.4 Å². The van der Waals surface area contributed by atoms with E-state index in [1.165, 1.54) is 11.3 Å². The Hall–Kier alpha value is -1.69. The van der Waals surface area contributed by atoms with Crippen molar-refractivity contribution in [3.8, 4) is 0 Å². The second-order valence-electron chi connectivity index (χ2n) is 4.86. The topological polar surface area (TPSA) is 75.4 Å². The number of rotatable bonds is 8. The molecule has 0 aliphatic rings. The Morgan fingerprint density at radius 3 is 2.67 bits per heavy atom. The van der Waals surface area contributed by atoms with Gasteiger partial charge in [0.2, 0.25) is 0 Å². The average Bonchev–Trinajstić information content (AvgIpc) is 2.97. The van der Waals surface area contributed by atoms with Gasteiger partial charge in [0, 0.05) is 11.4 Å². The molecule has 5 heteroatoms. The summed E-state index contributed by atoms with van der Waals surface area (Å²) in [6.07, 6.45) is 1.39. The predicted molar refractivity (Wildman–Crippen MR) is 85.4 cm³/mol. The molecule has 0 aliphatic heterocycles. The summed E-state index contributed by atoms with van der Waals surface area (Å²) in [7, 11) is 0. The van der Waals surface area contributed by atoms with Crippen LogP contribution >= 0.6 is 11.3 Å². The van der Waals surface area contributed by atoms with Gasteiger partial charge in [-0.25, -0.2) is 0 Å². The first kappa shape index (κ1) is 15.7. The molecule has 1 aromatic carbocycles. The van der Waals surface area contributed by atoms with E-state index in [9.17, 15) is 9.90 Å². The number of aliphatic hydroxyl groups excluding tert-OH is 1. The minimum atomic E-state index is -0.477. The molecule has 0 radical (unpaired) electrons. The molecule has 1 heterocycles. The van der Waals surface area contributed by atoms with E-state index < -0.39 is 6.10 Å². The van der Waals surface area contributed by atoms with E-state index in [2.05, 4.69) is 5.32 Å². The molecule has 2 rings (SSSR count). The quantitative estimate of drug-likeness (QED) is 0.654. The van der Waals surface area contributed by atoms with Crippen molar-refractivity contribution < 1.29 is 9.90 Å². The van der Waals surface area contributed by atoms with Gasteiger partial charge in [-0.1, -0.05) is 30.3 Å². The highest BCUT2D eigenvalue weighted by Crippen LogP contribution is 2.17. The van der Waals surface area contributed by atoms with Gasteiger partial charge in [-0.05, 0) is 37.1 Å². The van der Waals surface area contributed by atoms with Crippen molar-refractivity contribution in [1.82, 2.24) is 5.32 Å². The van der Waals surface area contributed by atoms with Crippen LogP contribution in [-0.2, 0) is 6.42 Å². The van der Waals surface area contributed by atoms with Crippen LogP contribution in [0.2, 0.25) is 0 Å². The Morgan fingerprint density at radius 1 is 1.24 bits per heavy atom. The van der Waals surface area contributed by atoms with Crippen LogP contribution in [0, 0.1) is 0 Å². The van der Waals surface area contributed by atoms with Crippen molar-refractivity contribution in [3.05, 3.63) is 57.8 Å². The van der Waals surface area contributed by atoms with E-state index in [1.807, 2.05) is 36.4 Å². The van der Waals surface area contributed by atoms with E-state index in [-0.39, 0.29) is 5.91 Å². The highest BCUT2D eigenvalue weighted by atomic mass is 32.1. The van der Waals surface area contributed by atoms with E-state index in [0.717, 1.165) is 29.8 Å². The maximum absolute atomic E-state index is 11.0. The van der Waals surface area contributed by atoms with Crippen LogP contribution in [0.25, 0.3) is 0 Å². The van der Waals surface area contributed by atoms with Gasteiger partial charge in [-0.15, -0.1) is 11.3 Å². The standard InChI is InChI=1S/C16H20N2O2S/c17-16(20)15-9-8-13(21-15)7-4-10-18-11-14(19)12-5-2-1-3-6-12/h1-3,5-6,8-9,14,18-19H,4,7,10-11H2,(H2,17,20)/t14-/m1/s1. The van der Waals surface area contributed by atoms with Crippen molar-refractivity contribution in [3.63, 3.8) is 0 Å². The monoisotopic (exact) mass is 304 g/mol. The van der Waals surface area contributed by atoms with Crippen LogP contribution in [0.5, 0.6) is 0 Å². The van der Waals surface area contributed by atoms with E-state index in [4.69, 9.17) is 5.73 Å². The zero-order valence-electron chi connectivity index (χ0n) is 11.8. The fraction of sp³-hybridized carbons (Fsp3) is 0.312. The van der Waals surface area contributed by atoms with Crippen molar-refractivity contribution >= 4 is 17.2 Å². The van der Waals surface area contributed by atoms with Crippen LogP contribution in [0.1, 0.15) is 32.6 Å². The lowest BCUT2D eigenvalue weighted by molar-refractivity contribution is 0.100. The van der Waals surface area contributed by atoms with Crippen molar-refractivity contribution in [2.75, 3.05) is 13.1 Å². The first-order valence-electron chi connectivity index (χ1n) is 6.99. The molecule has 0 saturated heterocycles. The van der Waals surface area contributed by atoms with Crippen molar-refractivity contribution in [2.24, 2.45) is 5.73 Å². The number of carbonyl (C=O) groups excluding carboxylic acids is 1. The highest BCUT2D eigenvalue weighted by molar-refractivity contribution is 7.14. The maximum Gasteiger partial charge on any atom is 0.258 e.